The average molecular weight is 309 g/mol. The van der Waals surface area contributed by atoms with E-state index in [1.54, 1.807) is 10.6 Å². The number of hydrogen-bond acceptors (Lipinski definition) is 3. The summed E-state index contributed by atoms with van der Waals surface area (Å²) < 4.78 is 20.5. The number of benzene rings is 1. The Balaban J connectivity index is 1.85. The Hall–Kier alpha value is -1.88. The van der Waals surface area contributed by atoms with Gasteiger partial charge in [-0.25, -0.2) is 9.37 Å². The first kappa shape index (κ1) is 14.1. The fraction of sp³-hybridized carbons (Fsp3) is 0.333. The molecule has 1 aromatic heterocycles. The van der Waals surface area contributed by atoms with Crippen LogP contribution in [-0.4, -0.2) is 15.7 Å². The maximum Gasteiger partial charge on any atom is 0.255 e. The predicted octanol–water partition coefficient (Wildman–Crippen LogP) is 2.60. The quantitative estimate of drug-likeness (QED) is 0.819. The number of halogens is 2. The van der Waals surface area contributed by atoms with Crippen molar-refractivity contribution >= 4 is 11.6 Å². The van der Waals surface area contributed by atoms with Gasteiger partial charge in [0, 0.05) is 24.5 Å². The molecule has 2 heterocycles. The molecular formula is C15H14ClFN2O2. The summed E-state index contributed by atoms with van der Waals surface area (Å²) in [5.74, 6) is 1.02. The number of rotatable bonds is 3. The Bertz CT molecular complexity index is 745. The van der Waals surface area contributed by atoms with Gasteiger partial charge in [-0.3, -0.25) is 9.36 Å². The summed E-state index contributed by atoms with van der Waals surface area (Å²) in [5.41, 5.74) is 0.630. The standard InChI is InChI=1S/C15H14ClFN2O2/c1-2-14-18-13(16)7-15(20)19(14)8-11-6-9-5-10(17)3-4-12(9)21-11/h3-5,7,11H,2,6,8H2,1H3. The molecule has 0 saturated heterocycles. The minimum atomic E-state index is -0.280. The Morgan fingerprint density at radius 1 is 1.48 bits per heavy atom. The predicted molar refractivity (Wildman–Crippen MR) is 77.4 cm³/mol. The molecule has 0 amide bonds. The van der Waals surface area contributed by atoms with Gasteiger partial charge in [-0.05, 0) is 18.2 Å². The maximum absolute atomic E-state index is 13.2. The summed E-state index contributed by atoms with van der Waals surface area (Å²) in [4.78, 5) is 16.2. The first-order valence-electron chi connectivity index (χ1n) is 6.78. The zero-order chi connectivity index (χ0) is 15.0. The molecule has 0 saturated carbocycles. The lowest BCUT2D eigenvalue weighted by atomic mass is 10.1. The second kappa shape index (κ2) is 5.48. The van der Waals surface area contributed by atoms with Crippen molar-refractivity contribution in [3.63, 3.8) is 0 Å². The van der Waals surface area contributed by atoms with Crippen LogP contribution < -0.4 is 10.3 Å². The van der Waals surface area contributed by atoms with E-state index in [-0.39, 0.29) is 22.6 Å². The van der Waals surface area contributed by atoms with Gasteiger partial charge in [0.1, 0.15) is 28.6 Å². The molecule has 110 valence electrons. The van der Waals surface area contributed by atoms with Crippen molar-refractivity contribution in [3.8, 4) is 5.75 Å². The minimum Gasteiger partial charge on any atom is -0.488 e. The third kappa shape index (κ3) is 2.78. The van der Waals surface area contributed by atoms with Gasteiger partial charge in [0.25, 0.3) is 5.56 Å². The monoisotopic (exact) mass is 308 g/mol. The van der Waals surface area contributed by atoms with Gasteiger partial charge in [-0.15, -0.1) is 0 Å². The highest BCUT2D eigenvalue weighted by Gasteiger charge is 2.24. The molecule has 0 fully saturated rings. The molecule has 1 aromatic carbocycles. The van der Waals surface area contributed by atoms with Crippen molar-refractivity contribution in [3.05, 3.63) is 57.0 Å². The van der Waals surface area contributed by atoms with Gasteiger partial charge in [0.05, 0.1) is 6.54 Å². The van der Waals surface area contributed by atoms with Crippen LogP contribution in [0.2, 0.25) is 5.15 Å². The van der Waals surface area contributed by atoms with E-state index in [9.17, 15) is 9.18 Å². The second-order valence-electron chi connectivity index (χ2n) is 4.99. The molecule has 6 heteroatoms. The van der Waals surface area contributed by atoms with E-state index in [1.165, 1.54) is 18.2 Å². The van der Waals surface area contributed by atoms with Gasteiger partial charge in [0.15, 0.2) is 0 Å². The zero-order valence-corrected chi connectivity index (χ0v) is 12.2. The molecule has 21 heavy (non-hydrogen) atoms. The number of nitrogens with zero attached hydrogens (tertiary/aromatic N) is 2. The Kier molecular flexibility index (Phi) is 3.68. The van der Waals surface area contributed by atoms with E-state index in [0.29, 0.717) is 31.0 Å². The van der Waals surface area contributed by atoms with E-state index >= 15 is 0 Å². The van der Waals surface area contributed by atoms with Crippen molar-refractivity contribution in [1.82, 2.24) is 9.55 Å². The molecule has 2 aromatic rings. The van der Waals surface area contributed by atoms with Gasteiger partial charge < -0.3 is 4.74 Å². The lowest BCUT2D eigenvalue weighted by Crippen LogP contribution is -2.31. The number of aryl methyl sites for hydroxylation is 1. The fourth-order valence-electron chi connectivity index (χ4n) is 2.58. The lowest BCUT2D eigenvalue weighted by molar-refractivity contribution is 0.205. The minimum absolute atomic E-state index is 0.197. The highest BCUT2D eigenvalue weighted by Crippen LogP contribution is 2.29. The van der Waals surface area contributed by atoms with E-state index in [2.05, 4.69) is 4.98 Å². The van der Waals surface area contributed by atoms with Crippen LogP contribution in [0.1, 0.15) is 18.3 Å². The van der Waals surface area contributed by atoms with Crippen LogP contribution >= 0.6 is 11.6 Å². The van der Waals surface area contributed by atoms with Crippen LogP contribution in [0.25, 0.3) is 0 Å². The first-order valence-corrected chi connectivity index (χ1v) is 7.16. The highest BCUT2D eigenvalue weighted by atomic mass is 35.5. The molecule has 4 nitrogen and oxygen atoms in total. The second-order valence-corrected chi connectivity index (χ2v) is 5.38. The van der Waals surface area contributed by atoms with E-state index < -0.39 is 0 Å². The normalized spacial score (nSPS) is 16.6. The van der Waals surface area contributed by atoms with Crippen molar-refractivity contribution in [1.29, 1.82) is 0 Å². The summed E-state index contributed by atoms with van der Waals surface area (Å²) in [5, 5.41) is 0.200. The van der Waals surface area contributed by atoms with E-state index in [0.717, 1.165) is 5.56 Å². The smallest absolute Gasteiger partial charge is 0.255 e. The van der Waals surface area contributed by atoms with Crippen LogP contribution in [-0.2, 0) is 19.4 Å². The van der Waals surface area contributed by atoms with Gasteiger partial charge in [-0.2, -0.15) is 0 Å². The van der Waals surface area contributed by atoms with E-state index in [1.807, 2.05) is 6.92 Å². The van der Waals surface area contributed by atoms with Gasteiger partial charge >= 0.3 is 0 Å². The topological polar surface area (TPSA) is 44.1 Å². The summed E-state index contributed by atoms with van der Waals surface area (Å²) in [6.45, 7) is 2.29. The molecule has 0 aliphatic carbocycles. The Morgan fingerprint density at radius 2 is 2.29 bits per heavy atom. The van der Waals surface area contributed by atoms with Gasteiger partial charge in [-0.1, -0.05) is 18.5 Å². The zero-order valence-electron chi connectivity index (χ0n) is 11.5. The molecule has 0 spiro atoms. The number of ether oxygens (including phenoxy) is 1. The van der Waals surface area contributed by atoms with Crippen LogP contribution in [0.3, 0.4) is 0 Å². The van der Waals surface area contributed by atoms with E-state index in [4.69, 9.17) is 16.3 Å². The highest BCUT2D eigenvalue weighted by molar-refractivity contribution is 6.29. The molecule has 0 N–H and O–H groups in total. The molecule has 0 radical (unpaired) electrons. The number of aromatic nitrogens is 2. The van der Waals surface area contributed by atoms with Crippen LogP contribution in [0.15, 0.2) is 29.1 Å². The third-order valence-corrected chi connectivity index (χ3v) is 3.72. The summed E-state index contributed by atoms with van der Waals surface area (Å²) in [6.07, 6.45) is 0.975. The molecule has 1 aliphatic rings. The molecule has 0 bridgehead atoms. The maximum atomic E-state index is 13.2. The largest absolute Gasteiger partial charge is 0.488 e. The Morgan fingerprint density at radius 3 is 3.05 bits per heavy atom. The van der Waals surface area contributed by atoms with Crippen molar-refractivity contribution < 1.29 is 9.13 Å². The molecule has 3 rings (SSSR count). The van der Waals surface area contributed by atoms with Gasteiger partial charge in [0.2, 0.25) is 0 Å². The van der Waals surface area contributed by atoms with Crippen molar-refractivity contribution in [2.45, 2.75) is 32.4 Å². The summed E-state index contributed by atoms with van der Waals surface area (Å²) >= 11 is 5.81. The third-order valence-electron chi connectivity index (χ3n) is 3.52. The van der Waals surface area contributed by atoms with Crippen LogP contribution in [0.4, 0.5) is 4.39 Å². The molecule has 1 unspecified atom stereocenters. The fourth-order valence-corrected chi connectivity index (χ4v) is 2.77. The summed E-state index contributed by atoms with van der Waals surface area (Å²) in [7, 11) is 0. The lowest BCUT2D eigenvalue weighted by Gasteiger charge is -2.15. The first-order chi connectivity index (χ1) is 10.1. The number of hydrogen-bond donors (Lipinski definition) is 0. The van der Waals surface area contributed by atoms with Crippen LogP contribution in [0.5, 0.6) is 5.75 Å². The Labute approximate surface area is 126 Å². The van der Waals surface area contributed by atoms with Crippen LogP contribution in [0, 0.1) is 5.82 Å². The molecular weight excluding hydrogens is 295 g/mol. The van der Waals surface area contributed by atoms with Crippen molar-refractivity contribution in [2.24, 2.45) is 0 Å². The number of fused-ring (bicyclic) bond motifs is 1. The van der Waals surface area contributed by atoms with Crippen molar-refractivity contribution in [2.75, 3.05) is 0 Å². The molecule has 1 aliphatic heterocycles. The molecule has 1 atom stereocenters. The SMILES string of the molecule is CCc1nc(Cl)cc(=O)n1CC1Cc2cc(F)ccc2O1. The average Bonchev–Trinajstić information content (AvgIpc) is 2.83. The summed E-state index contributed by atoms with van der Waals surface area (Å²) in [6, 6.07) is 5.75.